The molecule has 1 aromatic rings. The molecule has 1 saturated heterocycles. The summed E-state index contributed by atoms with van der Waals surface area (Å²) < 4.78 is 5.28. The van der Waals surface area contributed by atoms with Crippen LogP contribution in [0.5, 0.6) is 0 Å². The number of rotatable bonds is 6. The maximum absolute atomic E-state index is 11.3. The molecule has 1 aliphatic rings. The molecule has 2 heterocycles. The van der Waals surface area contributed by atoms with Crippen LogP contribution in [0, 0.1) is 6.92 Å². The topological polar surface area (TPSA) is 82.6 Å². The van der Waals surface area contributed by atoms with Crippen LogP contribution in [0.1, 0.15) is 38.5 Å². The molecule has 6 nitrogen and oxygen atoms in total. The van der Waals surface area contributed by atoms with Crippen LogP contribution in [0.3, 0.4) is 0 Å². The quantitative estimate of drug-likeness (QED) is 0.762. The van der Waals surface area contributed by atoms with Crippen molar-refractivity contribution in [2.45, 2.75) is 19.8 Å². The van der Waals surface area contributed by atoms with E-state index in [-0.39, 0.29) is 5.56 Å². The van der Waals surface area contributed by atoms with Crippen molar-refractivity contribution >= 4 is 12.3 Å². The minimum atomic E-state index is -0.978. The third-order valence-corrected chi connectivity index (χ3v) is 3.66. The smallest absolute Gasteiger partial charge is 0.337 e. The molecule has 20 heavy (non-hydrogen) atoms. The first-order valence-electron chi connectivity index (χ1n) is 6.83. The number of carbonyl (C=O) groups is 2. The zero-order valence-corrected chi connectivity index (χ0v) is 11.6. The van der Waals surface area contributed by atoms with Crippen LogP contribution in [-0.4, -0.2) is 60.1 Å². The van der Waals surface area contributed by atoms with Gasteiger partial charge in [-0.15, -0.1) is 0 Å². The average Bonchev–Trinajstić information content (AvgIpc) is 2.76. The highest BCUT2D eigenvalue weighted by Crippen LogP contribution is 2.19. The number of nitrogens with one attached hydrogen (secondary N) is 1. The number of aromatic amines is 1. The maximum atomic E-state index is 11.3. The fraction of sp³-hybridized carbons (Fsp3) is 0.571. The number of aryl methyl sites for hydroxylation is 1. The van der Waals surface area contributed by atoms with E-state index < -0.39 is 5.97 Å². The van der Waals surface area contributed by atoms with Gasteiger partial charge in [-0.1, -0.05) is 0 Å². The van der Waals surface area contributed by atoms with Gasteiger partial charge in [0.1, 0.15) is 0 Å². The summed E-state index contributed by atoms with van der Waals surface area (Å²) in [5.74, 6) is -0.978. The van der Waals surface area contributed by atoms with Gasteiger partial charge in [0, 0.05) is 18.8 Å². The van der Waals surface area contributed by atoms with E-state index in [0.29, 0.717) is 29.7 Å². The van der Waals surface area contributed by atoms with E-state index in [2.05, 4.69) is 9.88 Å². The van der Waals surface area contributed by atoms with Crippen molar-refractivity contribution in [3.8, 4) is 0 Å². The molecule has 0 aliphatic carbocycles. The van der Waals surface area contributed by atoms with Crippen molar-refractivity contribution in [3.63, 3.8) is 0 Å². The Morgan fingerprint density at radius 2 is 2.15 bits per heavy atom. The molecule has 0 aromatic carbocycles. The molecular weight excluding hydrogens is 260 g/mol. The highest BCUT2D eigenvalue weighted by atomic mass is 16.5. The first-order valence-corrected chi connectivity index (χ1v) is 6.83. The van der Waals surface area contributed by atoms with Crippen LogP contribution in [0.4, 0.5) is 0 Å². The summed E-state index contributed by atoms with van der Waals surface area (Å²) in [4.78, 5) is 27.4. The molecule has 2 rings (SSSR count). The van der Waals surface area contributed by atoms with Crippen LogP contribution in [0.25, 0.3) is 0 Å². The number of H-pyrrole nitrogens is 1. The summed E-state index contributed by atoms with van der Waals surface area (Å²) in [5, 5.41) is 9.24. The third kappa shape index (κ3) is 3.26. The number of hydrogen-bond donors (Lipinski definition) is 2. The van der Waals surface area contributed by atoms with Crippen molar-refractivity contribution in [1.82, 2.24) is 9.88 Å². The summed E-state index contributed by atoms with van der Waals surface area (Å²) in [5.41, 5.74) is 1.80. The van der Waals surface area contributed by atoms with Crippen molar-refractivity contribution in [2.75, 3.05) is 32.8 Å². The minimum Gasteiger partial charge on any atom is -0.478 e. The van der Waals surface area contributed by atoms with Gasteiger partial charge in [-0.25, -0.2) is 4.79 Å². The molecule has 0 radical (unpaired) electrons. The van der Waals surface area contributed by atoms with Crippen molar-refractivity contribution in [2.24, 2.45) is 0 Å². The lowest BCUT2D eigenvalue weighted by Crippen LogP contribution is -2.37. The monoisotopic (exact) mass is 280 g/mol. The number of nitrogens with zero attached hydrogens (tertiary/aromatic N) is 1. The van der Waals surface area contributed by atoms with E-state index in [9.17, 15) is 14.7 Å². The molecule has 0 unspecified atom stereocenters. The molecule has 0 atom stereocenters. The van der Waals surface area contributed by atoms with Crippen LogP contribution in [0.15, 0.2) is 0 Å². The molecule has 6 heteroatoms. The SMILES string of the molecule is Cc1[nH]c(C=O)c(CCCN2CCOCC2)c1C(=O)O. The van der Waals surface area contributed by atoms with E-state index in [1.165, 1.54) is 0 Å². The number of aldehydes is 1. The van der Waals surface area contributed by atoms with Crippen LogP contribution >= 0.6 is 0 Å². The van der Waals surface area contributed by atoms with Gasteiger partial charge in [-0.2, -0.15) is 0 Å². The van der Waals surface area contributed by atoms with E-state index >= 15 is 0 Å². The Labute approximate surface area is 117 Å². The normalized spacial score (nSPS) is 16.2. The van der Waals surface area contributed by atoms with E-state index in [1.54, 1.807) is 6.92 Å². The molecule has 1 aromatic heterocycles. The standard InChI is InChI=1S/C14H20N2O4/c1-10-13(14(18)19)11(12(9-17)15-10)3-2-4-16-5-7-20-8-6-16/h9,15H,2-8H2,1H3,(H,18,19). The lowest BCUT2D eigenvalue weighted by Gasteiger charge is -2.26. The largest absolute Gasteiger partial charge is 0.478 e. The molecule has 1 aliphatic heterocycles. The minimum absolute atomic E-state index is 0.245. The number of carboxylic acid groups (broad SMARTS) is 1. The lowest BCUT2D eigenvalue weighted by molar-refractivity contribution is 0.0374. The van der Waals surface area contributed by atoms with E-state index in [4.69, 9.17) is 4.74 Å². The van der Waals surface area contributed by atoms with Gasteiger partial charge < -0.3 is 14.8 Å². The lowest BCUT2D eigenvalue weighted by atomic mass is 10.0. The number of carbonyl (C=O) groups excluding carboxylic acids is 1. The molecule has 0 spiro atoms. The first kappa shape index (κ1) is 14.7. The van der Waals surface area contributed by atoms with Gasteiger partial charge >= 0.3 is 5.97 Å². The van der Waals surface area contributed by atoms with Crippen LogP contribution < -0.4 is 0 Å². The Kier molecular flexibility index (Phi) is 4.92. The number of ether oxygens (including phenoxy) is 1. The number of aromatic nitrogens is 1. The van der Waals surface area contributed by atoms with Gasteiger partial charge in [0.2, 0.25) is 0 Å². The summed E-state index contributed by atoms with van der Waals surface area (Å²) in [6.45, 7) is 5.91. The first-order chi connectivity index (χ1) is 9.63. The Morgan fingerprint density at radius 1 is 1.45 bits per heavy atom. The fourth-order valence-electron chi connectivity index (χ4n) is 2.65. The maximum Gasteiger partial charge on any atom is 0.337 e. The zero-order chi connectivity index (χ0) is 14.5. The second kappa shape index (κ2) is 6.67. The summed E-state index contributed by atoms with van der Waals surface area (Å²) in [7, 11) is 0. The van der Waals surface area contributed by atoms with Crippen LogP contribution in [0.2, 0.25) is 0 Å². The van der Waals surface area contributed by atoms with Gasteiger partial charge in [-0.05, 0) is 31.9 Å². The van der Waals surface area contributed by atoms with Gasteiger partial charge in [-0.3, -0.25) is 9.69 Å². The molecule has 110 valence electrons. The molecular formula is C14H20N2O4. The summed E-state index contributed by atoms with van der Waals surface area (Å²) >= 11 is 0. The van der Waals surface area contributed by atoms with E-state index in [1.807, 2.05) is 0 Å². The highest BCUT2D eigenvalue weighted by molar-refractivity contribution is 5.94. The highest BCUT2D eigenvalue weighted by Gasteiger charge is 2.20. The second-order valence-electron chi connectivity index (χ2n) is 5.00. The summed E-state index contributed by atoms with van der Waals surface area (Å²) in [6, 6.07) is 0. The number of aromatic carboxylic acids is 1. The van der Waals surface area contributed by atoms with Gasteiger partial charge in [0.05, 0.1) is 24.5 Å². The molecule has 0 bridgehead atoms. The average molecular weight is 280 g/mol. The Morgan fingerprint density at radius 3 is 2.75 bits per heavy atom. The van der Waals surface area contributed by atoms with Crippen molar-refractivity contribution < 1.29 is 19.4 Å². The second-order valence-corrected chi connectivity index (χ2v) is 5.00. The van der Waals surface area contributed by atoms with Gasteiger partial charge in [0.25, 0.3) is 0 Å². The van der Waals surface area contributed by atoms with Gasteiger partial charge in [0.15, 0.2) is 6.29 Å². The van der Waals surface area contributed by atoms with Crippen molar-refractivity contribution in [3.05, 3.63) is 22.5 Å². The number of hydrogen-bond acceptors (Lipinski definition) is 4. The predicted octanol–water partition coefficient (Wildman–Crippen LogP) is 1.10. The summed E-state index contributed by atoms with van der Waals surface area (Å²) in [6.07, 6.45) is 2.12. The zero-order valence-electron chi connectivity index (χ0n) is 11.6. The number of morpholine rings is 1. The number of carboxylic acids is 1. The van der Waals surface area contributed by atoms with Crippen LogP contribution in [-0.2, 0) is 11.2 Å². The molecule has 0 saturated carbocycles. The van der Waals surface area contributed by atoms with Crippen molar-refractivity contribution in [1.29, 1.82) is 0 Å². The molecule has 0 amide bonds. The third-order valence-electron chi connectivity index (χ3n) is 3.66. The fourth-order valence-corrected chi connectivity index (χ4v) is 2.65. The Hall–Kier alpha value is -1.66. The predicted molar refractivity (Wildman–Crippen MR) is 73.5 cm³/mol. The molecule has 2 N–H and O–H groups in total. The Bertz CT molecular complexity index is 490. The Balaban J connectivity index is 2.00. The van der Waals surface area contributed by atoms with E-state index in [0.717, 1.165) is 39.3 Å². The molecule has 1 fully saturated rings.